The molecule has 0 bridgehead atoms. The number of nitrogens with zero attached hydrogens (tertiary/aromatic N) is 4. The Morgan fingerprint density at radius 1 is 1.08 bits per heavy atom. The van der Waals surface area contributed by atoms with Gasteiger partial charge in [-0.05, 0) is 36.4 Å². The average molecular weight is 397 g/mol. The van der Waals surface area contributed by atoms with E-state index in [1.165, 1.54) is 6.07 Å². The quantitative estimate of drug-likeness (QED) is 0.638. The molecular weight excluding hydrogens is 383 g/mol. The lowest BCUT2D eigenvalue weighted by Gasteiger charge is -2.24. The molecule has 0 saturated heterocycles. The van der Waals surface area contributed by atoms with Gasteiger partial charge in [0, 0.05) is 22.8 Å². The standard InChI is InChI=1S/C19H14BrFN4/c20-15-8-7-14(18(21)10-15)12-25(13-17-4-1-2-9-23-17)19-6-3-5-16(11-22)24-19/h1-10H,12-13H2. The maximum absolute atomic E-state index is 14.3. The molecular formula is C19H14BrFN4. The number of benzene rings is 1. The van der Waals surface area contributed by atoms with Crippen molar-refractivity contribution in [3.8, 4) is 6.07 Å². The van der Waals surface area contributed by atoms with E-state index in [4.69, 9.17) is 5.26 Å². The molecule has 3 rings (SSSR count). The van der Waals surface area contributed by atoms with Crippen LogP contribution in [0.2, 0.25) is 0 Å². The number of nitriles is 1. The van der Waals surface area contributed by atoms with E-state index in [1.54, 1.807) is 36.5 Å². The van der Waals surface area contributed by atoms with E-state index in [0.717, 1.165) is 5.69 Å². The van der Waals surface area contributed by atoms with Crippen LogP contribution in [-0.2, 0) is 13.1 Å². The summed E-state index contributed by atoms with van der Waals surface area (Å²) in [6.45, 7) is 0.774. The van der Waals surface area contributed by atoms with Gasteiger partial charge in [-0.1, -0.05) is 34.1 Å². The maximum Gasteiger partial charge on any atom is 0.142 e. The third-order valence-corrected chi connectivity index (χ3v) is 4.12. The lowest BCUT2D eigenvalue weighted by Crippen LogP contribution is -2.24. The van der Waals surface area contributed by atoms with Gasteiger partial charge in [0.1, 0.15) is 23.4 Å². The van der Waals surface area contributed by atoms with Crippen molar-refractivity contribution in [3.63, 3.8) is 0 Å². The molecule has 0 N–H and O–H groups in total. The van der Waals surface area contributed by atoms with Gasteiger partial charge in [0.25, 0.3) is 0 Å². The molecule has 25 heavy (non-hydrogen) atoms. The van der Waals surface area contributed by atoms with Crippen molar-refractivity contribution in [1.29, 1.82) is 5.26 Å². The molecule has 0 spiro atoms. The third-order valence-electron chi connectivity index (χ3n) is 3.63. The molecule has 0 aliphatic rings. The van der Waals surface area contributed by atoms with E-state index in [2.05, 4.69) is 25.9 Å². The van der Waals surface area contributed by atoms with Crippen molar-refractivity contribution in [2.75, 3.05) is 4.90 Å². The van der Waals surface area contributed by atoms with Gasteiger partial charge in [-0.2, -0.15) is 5.26 Å². The maximum atomic E-state index is 14.3. The second-order valence-electron chi connectivity index (χ2n) is 5.41. The highest BCUT2D eigenvalue weighted by molar-refractivity contribution is 9.10. The van der Waals surface area contributed by atoms with Gasteiger partial charge in [-0.15, -0.1) is 0 Å². The third kappa shape index (κ3) is 4.40. The van der Waals surface area contributed by atoms with E-state index >= 15 is 0 Å². The predicted octanol–water partition coefficient (Wildman–Crippen LogP) is 4.46. The summed E-state index contributed by atoms with van der Waals surface area (Å²) < 4.78 is 15.0. The Morgan fingerprint density at radius 2 is 1.96 bits per heavy atom. The molecule has 4 nitrogen and oxygen atoms in total. The van der Waals surface area contributed by atoms with Gasteiger partial charge in [-0.3, -0.25) is 4.98 Å². The smallest absolute Gasteiger partial charge is 0.142 e. The van der Waals surface area contributed by atoms with Gasteiger partial charge < -0.3 is 4.90 Å². The van der Waals surface area contributed by atoms with Crippen LogP contribution in [0.25, 0.3) is 0 Å². The van der Waals surface area contributed by atoms with Crippen LogP contribution < -0.4 is 4.90 Å². The summed E-state index contributed by atoms with van der Waals surface area (Å²) in [5, 5.41) is 9.09. The summed E-state index contributed by atoms with van der Waals surface area (Å²) in [5.41, 5.74) is 1.70. The molecule has 0 amide bonds. The lowest BCUT2D eigenvalue weighted by molar-refractivity contribution is 0.601. The molecule has 0 aliphatic heterocycles. The second-order valence-corrected chi connectivity index (χ2v) is 6.32. The Hall–Kier alpha value is -2.78. The topological polar surface area (TPSA) is 52.8 Å². The second kappa shape index (κ2) is 7.86. The van der Waals surface area contributed by atoms with Gasteiger partial charge in [0.2, 0.25) is 0 Å². The fourth-order valence-corrected chi connectivity index (χ4v) is 2.76. The van der Waals surface area contributed by atoms with Crippen LogP contribution >= 0.6 is 15.9 Å². The fraction of sp³-hybridized carbons (Fsp3) is 0.105. The van der Waals surface area contributed by atoms with Crippen molar-refractivity contribution in [2.24, 2.45) is 0 Å². The van der Waals surface area contributed by atoms with Crippen LogP contribution in [0.4, 0.5) is 10.2 Å². The summed E-state index contributed by atoms with van der Waals surface area (Å²) in [4.78, 5) is 10.6. The first-order valence-corrected chi connectivity index (χ1v) is 8.41. The molecule has 124 valence electrons. The van der Waals surface area contributed by atoms with E-state index in [1.807, 2.05) is 29.2 Å². The fourth-order valence-electron chi connectivity index (χ4n) is 2.42. The summed E-state index contributed by atoms with van der Waals surface area (Å²) in [7, 11) is 0. The molecule has 2 heterocycles. The van der Waals surface area contributed by atoms with Crippen LogP contribution in [0.3, 0.4) is 0 Å². The first-order chi connectivity index (χ1) is 12.2. The zero-order valence-corrected chi connectivity index (χ0v) is 14.8. The molecule has 0 unspecified atom stereocenters. The lowest BCUT2D eigenvalue weighted by atomic mass is 10.2. The molecule has 0 aliphatic carbocycles. The van der Waals surface area contributed by atoms with Crippen LogP contribution in [0.1, 0.15) is 17.0 Å². The van der Waals surface area contributed by atoms with Crippen molar-refractivity contribution < 1.29 is 4.39 Å². The molecule has 3 aromatic rings. The molecule has 6 heteroatoms. The molecule has 0 radical (unpaired) electrons. The Bertz CT molecular complexity index is 909. The van der Waals surface area contributed by atoms with Crippen molar-refractivity contribution in [1.82, 2.24) is 9.97 Å². The van der Waals surface area contributed by atoms with Crippen LogP contribution in [-0.4, -0.2) is 9.97 Å². The minimum atomic E-state index is -0.295. The number of pyridine rings is 2. The summed E-state index contributed by atoms with van der Waals surface area (Å²) in [6.07, 6.45) is 1.72. The minimum absolute atomic E-state index is 0.295. The van der Waals surface area contributed by atoms with E-state index in [-0.39, 0.29) is 5.82 Å². The molecule has 0 saturated carbocycles. The van der Waals surface area contributed by atoms with Crippen molar-refractivity contribution in [2.45, 2.75) is 13.1 Å². The normalized spacial score (nSPS) is 10.3. The van der Waals surface area contributed by atoms with Gasteiger partial charge in [0.15, 0.2) is 0 Å². The summed E-state index contributed by atoms with van der Waals surface area (Å²) in [5.74, 6) is 0.309. The van der Waals surface area contributed by atoms with Crippen LogP contribution in [0.15, 0.2) is 65.3 Å². The molecule has 0 atom stereocenters. The van der Waals surface area contributed by atoms with E-state index in [0.29, 0.717) is 34.6 Å². The van der Waals surface area contributed by atoms with Crippen molar-refractivity contribution in [3.05, 3.63) is 88.0 Å². The highest BCUT2D eigenvalue weighted by atomic mass is 79.9. The largest absolute Gasteiger partial charge is 0.346 e. The number of hydrogen-bond acceptors (Lipinski definition) is 4. The van der Waals surface area contributed by atoms with Crippen LogP contribution in [0.5, 0.6) is 0 Å². The minimum Gasteiger partial charge on any atom is -0.346 e. The first kappa shape index (κ1) is 17.1. The van der Waals surface area contributed by atoms with Gasteiger partial charge in [-0.25, -0.2) is 9.37 Å². The number of halogens is 2. The van der Waals surface area contributed by atoms with Crippen LogP contribution in [0, 0.1) is 17.1 Å². The first-order valence-electron chi connectivity index (χ1n) is 7.61. The zero-order valence-electron chi connectivity index (χ0n) is 13.2. The van der Waals surface area contributed by atoms with E-state index < -0.39 is 0 Å². The Labute approximate surface area is 153 Å². The SMILES string of the molecule is N#Cc1cccc(N(Cc2ccccn2)Cc2ccc(Br)cc2F)n1. The highest BCUT2D eigenvalue weighted by Gasteiger charge is 2.14. The predicted molar refractivity (Wildman–Crippen MR) is 97.2 cm³/mol. The molecule has 1 aromatic carbocycles. The number of rotatable bonds is 5. The van der Waals surface area contributed by atoms with Gasteiger partial charge >= 0.3 is 0 Å². The monoisotopic (exact) mass is 396 g/mol. The molecule has 0 fully saturated rings. The summed E-state index contributed by atoms with van der Waals surface area (Å²) in [6, 6.07) is 17.9. The summed E-state index contributed by atoms with van der Waals surface area (Å²) >= 11 is 3.27. The Morgan fingerprint density at radius 3 is 2.68 bits per heavy atom. The number of hydrogen-bond donors (Lipinski definition) is 0. The average Bonchev–Trinajstić information content (AvgIpc) is 2.64. The number of aromatic nitrogens is 2. The van der Waals surface area contributed by atoms with Gasteiger partial charge in [0.05, 0.1) is 12.2 Å². The molecule has 2 aromatic heterocycles. The Balaban J connectivity index is 1.94. The highest BCUT2D eigenvalue weighted by Crippen LogP contribution is 2.21. The Kier molecular flexibility index (Phi) is 5.36. The van der Waals surface area contributed by atoms with E-state index in [9.17, 15) is 4.39 Å². The zero-order chi connectivity index (χ0) is 17.6. The number of anilines is 1. The van der Waals surface area contributed by atoms with Crippen molar-refractivity contribution >= 4 is 21.7 Å².